The van der Waals surface area contributed by atoms with Crippen molar-refractivity contribution in [2.75, 3.05) is 13.1 Å². The Hall–Kier alpha value is -1.60. The fourth-order valence-corrected chi connectivity index (χ4v) is 1.82. The first-order valence-electron chi connectivity index (χ1n) is 4.61. The zero-order valence-electron chi connectivity index (χ0n) is 7.66. The maximum atomic E-state index is 11.1. The number of aromatic nitrogens is 1. The van der Waals surface area contributed by atoms with Crippen LogP contribution in [0.2, 0.25) is 0 Å². The van der Waals surface area contributed by atoms with Crippen LogP contribution in [-0.4, -0.2) is 18.1 Å². The summed E-state index contributed by atoms with van der Waals surface area (Å²) in [5.41, 5.74) is 0.750. The molecule has 0 amide bonds. The van der Waals surface area contributed by atoms with Gasteiger partial charge in [0.05, 0.1) is 12.0 Å². The molecule has 4 heteroatoms. The van der Waals surface area contributed by atoms with Crippen LogP contribution < -0.4 is 10.9 Å². The van der Waals surface area contributed by atoms with Crippen LogP contribution >= 0.6 is 0 Å². The smallest absolute Gasteiger partial charge is 0.248 e. The SMILES string of the molecule is N#C[C@@H]1CNC[C@H]1c1cccc(=O)[nH]1. The standard InChI is InChI=1S/C10H11N3O/c11-4-7-5-12-6-8(7)9-2-1-3-10(14)13-9/h1-3,7-8,12H,5-6H2,(H,13,14)/t7-,8-/m1/s1. The van der Waals surface area contributed by atoms with Crippen LogP contribution in [-0.2, 0) is 0 Å². The van der Waals surface area contributed by atoms with Gasteiger partial charge in [-0.1, -0.05) is 6.07 Å². The van der Waals surface area contributed by atoms with E-state index in [-0.39, 0.29) is 17.4 Å². The van der Waals surface area contributed by atoms with E-state index >= 15 is 0 Å². The van der Waals surface area contributed by atoms with Gasteiger partial charge in [0.2, 0.25) is 5.56 Å². The van der Waals surface area contributed by atoms with Crippen molar-refractivity contribution < 1.29 is 0 Å². The minimum Gasteiger partial charge on any atom is -0.326 e. The molecule has 1 aliphatic heterocycles. The Kier molecular flexibility index (Phi) is 2.33. The lowest BCUT2D eigenvalue weighted by Gasteiger charge is -2.11. The molecular weight excluding hydrogens is 178 g/mol. The zero-order valence-corrected chi connectivity index (χ0v) is 7.66. The highest BCUT2D eigenvalue weighted by atomic mass is 16.1. The van der Waals surface area contributed by atoms with E-state index < -0.39 is 0 Å². The van der Waals surface area contributed by atoms with Gasteiger partial charge >= 0.3 is 0 Å². The molecule has 14 heavy (non-hydrogen) atoms. The molecule has 0 aliphatic carbocycles. The normalized spacial score (nSPS) is 25.9. The number of aromatic amines is 1. The average Bonchev–Trinajstić information content (AvgIpc) is 2.65. The maximum Gasteiger partial charge on any atom is 0.248 e. The van der Waals surface area contributed by atoms with Gasteiger partial charge in [0.25, 0.3) is 0 Å². The van der Waals surface area contributed by atoms with Crippen molar-refractivity contribution in [3.8, 4) is 6.07 Å². The fraction of sp³-hybridized carbons (Fsp3) is 0.400. The van der Waals surface area contributed by atoms with E-state index in [0.29, 0.717) is 6.54 Å². The summed E-state index contributed by atoms with van der Waals surface area (Å²) in [5.74, 6) is 0.0851. The molecule has 2 N–H and O–H groups in total. The number of pyridine rings is 1. The summed E-state index contributed by atoms with van der Waals surface area (Å²) in [6.07, 6.45) is 0. The maximum absolute atomic E-state index is 11.1. The molecule has 0 bridgehead atoms. The van der Waals surface area contributed by atoms with Crippen LogP contribution in [0.5, 0.6) is 0 Å². The van der Waals surface area contributed by atoms with Crippen molar-refractivity contribution >= 4 is 0 Å². The number of hydrogen-bond donors (Lipinski definition) is 2. The molecule has 1 aromatic heterocycles. The molecule has 0 radical (unpaired) electrons. The van der Waals surface area contributed by atoms with Crippen molar-refractivity contribution in [3.63, 3.8) is 0 Å². The molecule has 72 valence electrons. The molecule has 2 heterocycles. The molecule has 1 aromatic rings. The Balaban J connectivity index is 2.31. The Morgan fingerprint density at radius 1 is 1.43 bits per heavy atom. The number of rotatable bonds is 1. The summed E-state index contributed by atoms with van der Waals surface area (Å²) in [6, 6.07) is 7.31. The second-order valence-corrected chi connectivity index (χ2v) is 3.47. The van der Waals surface area contributed by atoms with E-state index in [1.54, 1.807) is 6.07 Å². The zero-order chi connectivity index (χ0) is 9.97. The Labute approximate surface area is 81.6 Å². The number of nitriles is 1. The van der Waals surface area contributed by atoms with Crippen molar-refractivity contribution in [2.24, 2.45) is 5.92 Å². The number of nitrogens with zero attached hydrogens (tertiary/aromatic N) is 1. The Morgan fingerprint density at radius 3 is 3.00 bits per heavy atom. The molecule has 1 saturated heterocycles. The summed E-state index contributed by atoms with van der Waals surface area (Å²) in [6.45, 7) is 1.47. The summed E-state index contributed by atoms with van der Waals surface area (Å²) in [5, 5.41) is 12.0. The third kappa shape index (κ3) is 1.54. The first-order chi connectivity index (χ1) is 6.81. The van der Waals surface area contributed by atoms with Gasteiger partial charge in [0.15, 0.2) is 0 Å². The van der Waals surface area contributed by atoms with Crippen molar-refractivity contribution in [2.45, 2.75) is 5.92 Å². The van der Waals surface area contributed by atoms with E-state index in [9.17, 15) is 4.79 Å². The largest absolute Gasteiger partial charge is 0.326 e. The highest BCUT2D eigenvalue weighted by Gasteiger charge is 2.28. The molecule has 4 nitrogen and oxygen atoms in total. The summed E-state index contributed by atoms with van der Waals surface area (Å²) in [4.78, 5) is 13.8. The van der Waals surface area contributed by atoms with Crippen molar-refractivity contribution in [1.29, 1.82) is 5.26 Å². The van der Waals surface area contributed by atoms with Crippen LogP contribution in [0.15, 0.2) is 23.0 Å². The van der Waals surface area contributed by atoms with E-state index in [4.69, 9.17) is 5.26 Å². The number of nitrogens with one attached hydrogen (secondary N) is 2. The lowest BCUT2D eigenvalue weighted by atomic mass is 9.94. The minimum atomic E-state index is -0.105. The second-order valence-electron chi connectivity index (χ2n) is 3.47. The summed E-state index contributed by atoms with van der Waals surface area (Å²) >= 11 is 0. The third-order valence-electron chi connectivity index (χ3n) is 2.57. The van der Waals surface area contributed by atoms with E-state index in [1.807, 2.05) is 6.07 Å². The molecule has 0 spiro atoms. The van der Waals surface area contributed by atoms with Gasteiger partial charge in [0, 0.05) is 30.8 Å². The lowest BCUT2D eigenvalue weighted by Crippen LogP contribution is -2.15. The van der Waals surface area contributed by atoms with E-state index in [1.165, 1.54) is 6.07 Å². The van der Waals surface area contributed by atoms with Crippen LogP contribution in [0.4, 0.5) is 0 Å². The van der Waals surface area contributed by atoms with Gasteiger partial charge in [0.1, 0.15) is 0 Å². The minimum absolute atomic E-state index is 0.0342. The first kappa shape index (κ1) is 8.97. The Morgan fingerprint density at radius 2 is 2.29 bits per heavy atom. The quantitative estimate of drug-likeness (QED) is 0.663. The summed E-state index contributed by atoms with van der Waals surface area (Å²) in [7, 11) is 0. The average molecular weight is 189 g/mol. The highest BCUT2D eigenvalue weighted by molar-refractivity contribution is 5.17. The molecule has 0 saturated carbocycles. The third-order valence-corrected chi connectivity index (χ3v) is 2.57. The molecule has 0 unspecified atom stereocenters. The second kappa shape index (κ2) is 3.64. The molecule has 1 fully saturated rings. The molecule has 0 aromatic carbocycles. The van der Waals surface area contributed by atoms with Crippen LogP contribution in [0.1, 0.15) is 11.6 Å². The number of H-pyrrole nitrogens is 1. The van der Waals surface area contributed by atoms with Crippen molar-refractivity contribution in [3.05, 3.63) is 34.2 Å². The number of hydrogen-bond acceptors (Lipinski definition) is 3. The summed E-state index contributed by atoms with van der Waals surface area (Å²) < 4.78 is 0. The lowest BCUT2D eigenvalue weighted by molar-refractivity contribution is 0.627. The van der Waals surface area contributed by atoms with Gasteiger partial charge in [-0.25, -0.2) is 0 Å². The van der Waals surface area contributed by atoms with Crippen LogP contribution in [0, 0.1) is 17.2 Å². The predicted octanol–water partition coefficient (Wildman–Crippen LogP) is 0.201. The molecule has 2 rings (SSSR count). The fourth-order valence-electron chi connectivity index (χ4n) is 1.82. The van der Waals surface area contributed by atoms with Crippen LogP contribution in [0.3, 0.4) is 0 Å². The first-order valence-corrected chi connectivity index (χ1v) is 4.61. The molecular formula is C10H11N3O. The highest BCUT2D eigenvalue weighted by Crippen LogP contribution is 2.24. The molecule has 1 aliphatic rings. The molecule has 2 atom stereocenters. The van der Waals surface area contributed by atoms with Gasteiger partial charge in [-0.3, -0.25) is 4.79 Å². The van der Waals surface area contributed by atoms with E-state index in [0.717, 1.165) is 12.2 Å². The van der Waals surface area contributed by atoms with Gasteiger partial charge in [-0.15, -0.1) is 0 Å². The van der Waals surface area contributed by atoms with Crippen molar-refractivity contribution in [1.82, 2.24) is 10.3 Å². The van der Waals surface area contributed by atoms with E-state index in [2.05, 4.69) is 16.4 Å². The van der Waals surface area contributed by atoms with Gasteiger partial charge in [-0.2, -0.15) is 5.26 Å². The monoisotopic (exact) mass is 189 g/mol. The van der Waals surface area contributed by atoms with Crippen LogP contribution in [0.25, 0.3) is 0 Å². The predicted molar refractivity (Wildman–Crippen MR) is 51.8 cm³/mol. The Bertz CT molecular complexity index is 418. The topological polar surface area (TPSA) is 68.7 Å². The van der Waals surface area contributed by atoms with Gasteiger partial charge < -0.3 is 10.3 Å². The van der Waals surface area contributed by atoms with Gasteiger partial charge in [-0.05, 0) is 6.07 Å².